The first-order valence-electron chi connectivity index (χ1n) is 9.84. The summed E-state index contributed by atoms with van der Waals surface area (Å²) in [5.41, 5.74) is 15.9. The number of rotatable bonds is 5. The first-order valence-corrected chi connectivity index (χ1v) is 9.84. The third-order valence-electron chi connectivity index (χ3n) is 4.39. The highest BCUT2D eigenvalue weighted by molar-refractivity contribution is 5.60. The normalized spacial score (nSPS) is 10.8. The molecule has 0 unspecified atom stereocenters. The Bertz CT molecular complexity index is 917. The monoisotopic (exact) mass is 391 g/mol. The lowest BCUT2D eigenvalue weighted by Gasteiger charge is -2.14. The molecule has 2 aromatic carbocycles. The minimum atomic E-state index is -0.0240. The Morgan fingerprint density at radius 1 is 1.10 bits per heavy atom. The zero-order valence-corrected chi connectivity index (χ0v) is 17.9. The highest BCUT2D eigenvalue weighted by Crippen LogP contribution is 2.28. The van der Waals surface area contributed by atoms with Gasteiger partial charge in [-0.25, -0.2) is 4.68 Å². The summed E-state index contributed by atoms with van der Waals surface area (Å²) in [6.07, 6.45) is 2.11. The second-order valence-electron chi connectivity index (χ2n) is 8.01. The van der Waals surface area contributed by atoms with E-state index in [-0.39, 0.29) is 5.41 Å². The fraction of sp³-hybridized carbons (Fsp3) is 0.292. The van der Waals surface area contributed by atoms with Crippen molar-refractivity contribution < 1.29 is 0 Å². The molecule has 0 aliphatic rings. The predicted octanol–water partition coefficient (Wildman–Crippen LogP) is 4.81. The van der Waals surface area contributed by atoms with Gasteiger partial charge in [-0.15, -0.1) is 0 Å². The Morgan fingerprint density at radius 2 is 1.76 bits per heavy atom. The van der Waals surface area contributed by atoms with Crippen LogP contribution in [0, 0.1) is 6.92 Å². The summed E-state index contributed by atoms with van der Waals surface area (Å²) in [7, 11) is 0. The Morgan fingerprint density at radius 3 is 2.34 bits per heavy atom. The third-order valence-corrected chi connectivity index (χ3v) is 4.39. The average molecular weight is 392 g/mol. The molecule has 5 heteroatoms. The maximum Gasteiger partial charge on any atom is 0.134 e. The molecule has 154 valence electrons. The fourth-order valence-electron chi connectivity index (χ4n) is 2.83. The predicted molar refractivity (Wildman–Crippen MR) is 124 cm³/mol. The highest BCUT2D eigenvalue weighted by atomic mass is 15.3. The number of aromatic nitrogens is 2. The van der Waals surface area contributed by atoms with Crippen LogP contribution in [0.2, 0.25) is 0 Å². The van der Waals surface area contributed by atoms with Gasteiger partial charge in [0.25, 0.3) is 0 Å². The van der Waals surface area contributed by atoms with Crippen LogP contribution in [0.4, 0.5) is 11.5 Å². The molecule has 3 rings (SSSR count). The summed E-state index contributed by atoms with van der Waals surface area (Å²) in [5.74, 6) is 0.962. The molecule has 5 N–H and O–H groups in total. The van der Waals surface area contributed by atoms with E-state index in [9.17, 15) is 0 Å². The van der Waals surface area contributed by atoms with E-state index in [0.29, 0.717) is 6.54 Å². The largest absolute Gasteiger partial charge is 0.405 e. The highest BCUT2D eigenvalue weighted by Gasteiger charge is 2.20. The van der Waals surface area contributed by atoms with Crippen LogP contribution in [0.25, 0.3) is 5.69 Å². The van der Waals surface area contributed by atoms with E-state index >= 15 is 0 Å². The summed E-state index contributed by atoms with van der Waals surface area (Å²) in [4.78, 5) is 0. The van der Waals surface area contributed by atoms with Gasteiger partial charge in [0.1, 0.15) is 5.82 Å². The number of hydrogen-bond acceptors (Lipinski definition) is 4. The van der Waals surface area contributed by atoms with E-state index in [4.69, 9.17) is 10.8 Å². The molecule has 0 saturated carbocycles. The molecule has 0 amide bonds. The smallest absolute Gasteiger partial charge is 0.134 e. The van der Waals surface area contributed by atoms with Gasteiger partial charge in [0.2, 0.25) is 0 Å². The number of anilines is 2. The van der Waals surface area contributed by atoms with Gasteiger partial charge < -0.3 is 16.8 Å². The topological polar surface area (TPSA) is 81.9 Å². The zero-order chi connectivity index (χ0) is 21.4. The second-order valence-corrected chi connectivity index (χ2v) is 8.01. The Kier molecular flexibility index (Phi) is 7.62. The molecule has 0 bridgehead atoms. The standard InChI is InChI=1S/C22H28N4.C2H5N/c1-16-8-10-18(11-9-16)24-21-15-20(22(2,3)4)25-26(21)19-7-5-6-17(14-19)12-13-23;1-2-3/h5-11,14-15,24H,12-13,23H2,1-4H3;2H,1,3H2. The van der Waals surface area contributed by atoms with Crippen molar-refractivity contribution in [1.29, 1.82) is 0 Å². The lowest BCUT2D eigenvalue weighted by molar-refractivity contribution is 0.560. The van der Waals surface area contributed by atoms with E-state index in [1.54, 1.807) is 0 Å². The summed E-state index contributed by atoms with van der Waals surface area (Å²) in [6, 6.07) is 18.9. The minimum absolute atomic E-state index is 0.0240. The first kappa shape index (κ1) is 22.2. The molecule has 0 aliphatic heterocycles. The number of nitrogens with zero attached hydrogens (tertiary/aromatic N) is 2. The van der Waals surface area contributed by atoms with Crippen molar-refractivity contribution in [3.63, 3.8) is 0 Å². The molecule has 0 radical (unpaired) electrons. The molecule has 0 atom stereocenters. The zero-order valence-electron chi connectivity index (χ0n) is 17.9. The summed E-state index contributed by atoms with van der Waals surface area (Å²) < 4.78 is 1.99. The van der Waals surface area contributed by atoms with Gasteiger partial charge in [-0.05, 0) is 55.9 Å². The molecular weight excluding hydrogens is 358 g/mol. The van der Waals surface area contributed by atoms with E-state index in [1.807, 2.05) is 4.68 Å². The van der Waals surface area contributed by atoms with E-state index in [1.165, 1.54) is 17.3 Å². The van der Waals surface area contributed by atoms with Crippen LogP contribution in [0.3, 0.4) is 0 Å². The Balaban J connectivity index is 0.000000941. The minimum Gasteiger partial charge on any atom is -0.405 e. The second kappa shape index (κ2) is 9.94. The maximum absolute atomic E-state index is 5.72. The number of aryl methyl sites for hydroxylation is 1. The lowest BCUT2D eigenvalue weighted by Crippen LogP contribution is -2.12. The van der Waals surface area contributed by atoms with Crippen molar-refractivity contribution in [3.05, 3.63) is 84.2 Å². The van der Waals surface area contributed by atoms with Gasteiger partial charge in [0.05, 0.1) is 11.4 Å². The van der Waals surface area contributed by atoms with Crippen LogP contribution in [0.15, 0.2) is 67.4 Å². The van der Waals surface area contributed by atoms with Gasteiger partial charge in [0.15, 0.2) is 0 Å². The SMILES string of the molecule is C=CN.Cc1ccc(Nc2cc(C(C)(C)C)nn2-c2cccc(CCN)c2)cc1. The molecule has 5 nitrogen and oxygen atoms in total. The summed E-state index contributed by atoms with van der Waals surface area (Å²) >= 11 is 0. The molecule has 0 saturated heterocycles. The molecule has 3 aromatic rings. The van der Waals surface area contributed by atoms with Crippen molar-refractivity contribution in [2.75, 3.05) is 11.9 Å². The van der Waals surface area contributed by atoms with Crippen molar-refractivity contribution in [3.8, 4) is 5.69 Å². The molecular formula is C24H33N5. The molecule has 0 fully saturated rings. The van der Waals surface area contributed by atoms with E-state index in [0.717, 1.165) is 29.3 Å². The molecule has 1 heterocycles. The van der Waals surface area contributed by atoms with Crippen LogP contribution >= 0.6 is 0 Å². The van der Waals surface area contributed by atoms with Crippen LogP contribution in [0.1, 0.15) is 37.6 Å². The van der Waals surface area contributed by atoms with Gasteiger partial charge in [-0.2, -0.15) is 5.10 Å². The van der Waals surface area contributed by atoms with E-state index in [2.05, 4.69) is 99.9 Å². The van der Waals surface area contributed by atoms with Crippen molar-refractivity contribution in [1.82, 2.24) is 9.78 Å². The Hall–Kier alpha value is -3.05. The number of nitrogens with two attached hydrogens (primary N) is 2. The lowest BCUT2D eigenvalue weighted by atomic mass is 9.92. The van der Waals surface area contributed by atoms with Crippen molar-refractivity contribution >= 4 is 11.5 Å². The molecule has 29 heavy (non-hydrogen) atoms. The quantitative estimate of drug-likeness (QED) is 0.583. The number of benzene rings is 2. The Labute approximate surface area is 174 Å². The molecule has 1 aromatic heterocycles. The van der Waals surface area contributed by atoms with Crippen LogP contribution in [-0.4, -0.2) is 16.3 Å². The van der Waals surface area contributed by atoms with Crippen LogP contribution in [0.5, 0.6) is 0 Å². The maximum atomic E-state index is 5.72. The average Bonchev–Trinajstić information content (AvgIpc) is 3.09. The van der Waals surface area contributed by atoms with Crippen LogP contribution < -0.4 is 16.8 Å². The number of nitrogens with one attached hydrogen (secondary N) is 1. The van der Waals surface area contributed by atoms with Gasteiger partial charge >= 0.3 is 0 Å². The van der Waals surface area contributed by atoms with Gasteiger partial charge in [0, 0.05) is 17.2 Å². The van der Waals surface area contributed by atoms with Crippen molar-refractivity contribution in [2.45, 2.75) is 39.5 Å². The van der Waals surface area contributed by atoms with E-state index < -0.39 is 0 Å². The summed E-state index contributed by atoms with van der Waals surface area (Å²) in [6.45, 7) is 12.4. The summed E-state index contributed by atoms with van der Waals surface area (Å²) in [5, 5.41) is 8.41. The fourth-order valence-corrected chi connectivity index (χ4v) is 2.83. The third kappa shape index (κ3) is 6.22. The van der Waals surface area contributed by atoms with Crippen LogP contribution in [-0.2, 0) is 11.8 Å². The van der Waals surface area contributed by atoms with Gasteiger partial charge in [-0.1, -0.05) is 57.2 Å². The van der Waals surface area contributed by atoms with Gasteiger partial charge in [-0.3, -0.25) is 0 Å². The van der Waals surface area contributed by atoms with Crippen molar-refractivity contribution in [2.24, 2.45) is 11.5 Å². The number of hydrogen-bond donors (Lipinski definition) is 3. The first-order chi connectivity index (χ1) is 13.8. The molecule has 0 spiro atoms. The molecule has 0 aliphatic carbocycles.